The van der Waals surface area contributed by atoms with Crippen molar-refractivity contribution in [3.8, 4) is 0 Å². The Morgan fingerprint density at radius 2 is 2.16 bits per heavy atom. The van der Waals surface area contributed by atoms with Crippen molar-refractivity contribution in [2.75, 3.05) is 12.0 Å². The molecule has 2 bridgehead atoms. The first-order valence-electron chi connectivity index (χ1n) is 8.18. The fourth-order valence-corrected chi connectivity index (χ4v) is 4.54. The highest BCUT2D eigenvalue weighted by Gasteiger charge is 2.71. The number of esters is 1. The van der Waals surface area contributed by atoms with E-state index in [2.05, 4.69) is 6.58 Å². The maximum absolute atomic E-state index is 13.3. The average molecular weight is 360 g/mol. The van der Waals surface area contributed by atoms with Crippen molar-refractivity contribution in [3.05, 3.63) is 54.1 Å². The van der Waals surface area contributed by atoms with Gasteiger partial charge in [-0.05, 0) is 30.7 Å². The fourth-order valence-electron chi connectivity index (χ4n) is 4.41. The van der Waals surface area contributed by atoms with Gasteiger partial charge in [-0.2, -0.15) is 0 Å². The van der Waals surface area contributed by atoms with Gasteiger partial charge in [-0.25, -0.2) is 0 Å². The molecule has 0 unspecified atom stereocenters. The number of halogens is 1. The number of nitrogens with zero attached hydrogens (tertiary/aromatic N) is 1. The molecule has 1 spiro atoms. The lowest BCUT2D eigenvalue weighted by molar-refractivity contribution is -0.149. The monoisotopic (exact) mass is 359 g/mol. The number of rotatable bonds is 4. The number of anilines is 1. The summed E-state index contributed by atoms with van der Waals surface area (Å²) in [6.07, 6.45) is 5.71. The van der Waals surface area contributed by atoms with Crippen LogP contribution in [0.25, 0.3) is 0 Å². The van der Waals surface area contributed by atoms with Gasteiger partial charge < -0.3 is 14.4 Å². The first-order valence-corrected chi connectivity index (χ1v) is 8.56. The van der Waals surface area contributed by atoms with Crippen molar-refractivity contribution >= 4 is 29.2 Å². The number of carbonyl (C=O) groups is 2. The summed E-state index contributed by atoms with van der Waals surface area (Å²) in [5.74, 6) is -1.75. The second-order valence-electron chi connectivity index (χ2n) is 6.55. The number of methoxy groups -OCH3 is 1. The van der Waals surface area contributed by atoms with Crippen molar-refractivity contribution in [2.45, 2.75) is 24.2 Å². The highest BCUT2D eigenvalue weighted by Crippen LogP contribution is 2.56. The quantitative estimate of drug-likeness (QED) is 0.612. The van der Waals surface area contributed by atoms with E-state index in [1.54, 1.807) is 35.2 Å². The molecule has 0 radical (unpaired) electrons. The van der Waals surface area contributed by atoms with E-state index in [-0.39, 0.29) is 11.9 Å². The number of hydrogen-bond acceptors (Lipinski definition) is 4. The van der Waals surface area contributed by atoms with Crippen molar-refractivity contribution in [2.24, 2.45) is 11.8 Å². The molecule has 25 heavy (non-hydrogen) atoms. The molecule has 0 aliphatic carbocycles. The third kappa shape index (κ3) is 2.12. The molecule has 3 heterocycles. The van der Waals surface area contributed by atoms with E-state index in [1.165, 1.54) is 7.11 Å². The Labute approximate surface area is 150 Å². The molecule has 3 aliphatic heterocycles. The summed E-state index contributed by atoms with van der Waals surface area (Å²) in [5, 5.41) is 0.596. The Morgan fingerprint density at radius 1 is 1.44 bits per heavy atom. The molecule has 0 aromatic heterocycles. The van der Waals surface area contributed by atoms with Crippen molar-refractivity contribution in [1.82, 2.24) is 0 Å². The standard InChI is InChI=1S/C19H18ClNO4/c1-3-4-14-19-10-9-13(25-19)15(18(23)24-2)16(19)17(22)21(14)12-7-5-11(20)6-8-12/h3,5-10,13-16H,1,4H2,2H3/t13-,14-,15+,16-,19-/m0/s1. The molecule has 3 aliphatic rings. The van der Waals surface area contributed by atoms with Gasteiger partial charge in [-0.15, -0.1) is 6.58 Å². The molecule has 2 saturated heterocycles. The van der Waals surface area contributed by atoms with Crippen LogP contribution in [-0.2, 0) is 19.1 Å². The first kappa shape index (κ1) is 16.4. The Balaban J connectivity index is 1.81. The van der Waals surface area contributed by atoms with Crippen LogP contribution in [0.5, 0.6) is 0 Å². The molecular weight excluding hydrogens is 342 g/mol. The van der Waals surface area contributed by atoms with Gasteiger partial charge in [-0.3, -0.25) is 9.59 Å². The van der Waals surface area contributed by atoms with Crippen LogP contribution in [0.1, 0.15) is 6.42 Å². The largest absolute Gasteiger partial charge is 0.469 e. The molecule has 6 heteroatoms. The molecule has 1 aromatic carbocycles. The highest BCUT2D eigenvalue weighted by molar-refractivity contribution is 6.30. The van der Waals surface area contributed by atoms with Gasteiger partial charge in [0.05, 0.1) is 25.2 Å². The van der Waals surface area contributed by atoms with Crippen molar-refractivity contribution in [1.29, 1.82) is 0 Å². The van der Waals surface area contributed by atoms with E-state index >= 15 is 0 Å². The molecule has 1 aromatic rings. The first-order chi connectivity index (χ1) is 12.0. The van der Waals surface area contributed by atoms with E-state index in [4.69, 9.17) is 21.1 Å². The Bertz CT molecular complexity index is 774. The normalized spacial score (nSPS) is 35.1. The third-order valence-electron chi connectivity index (χ3n) is 5.39. The average Bonchev–Trinajstić information content (AvgIpc) is 3.25. The number of benzene rings is 1. The van der Waals surface area contributed by atoms with Gasteiger partial charge in [0.15, 0.2) is 0 Å². The maximum Gasteiger partial charge on any atom is 0.312 e. The Hall–Kier alpha value is -2.11. The van der Waals surface area contributed by atoms with E-state index in [9.17, 15) is 9.59 Å². The van der Waals surface area contributed by atoms with Crippen LogP contribution in [0.3, 0.4) is 0 Å². The van der Waals surface area contributed by atoms with Crippen LogP contribution in [0.2, 0.25) is 5.02 Å². The number of carbonyl (C=O) groups excluding carboxylic acids is 2. The Morgan fingerprint density at radius 3 is 2.80 bits per heavy atom. The van der Waals surface area contributed by atoms with Crippen LogP contribution < -0.4 is 4.90 Å². The highest BCUT2D eigenvalue weighted by atomic mass is 35.5. The summed E-state index contributed by atoms with van der Waals surface area (Å²) < 4.78 is 11.1. The van der Waals surface area contributed by atoms with Crippen LogP contribution in [0, 0.1) is 11.8 Å². The van der Waals surface area contributed by atoms with Gasteiger partial charge in [0, 0.05) is 10.7 Å². The van der Waals surface area contributed by atoms with Gasteiger partial charge in [0.2, 0.25) is 5.91 Å². The summed E-state index contributed by atoms with van der Waals surface area (Å²) in [6.45, 7) is 3.82. The van der Waals surface area contributed by atoms with Crippen LogP contribution in [0.4, 0.5) is 5.69 Å². The fraction of sp³-hybridized carbons (Fsp3) is 0.368. The molecule has 0 N–H and O–H groups in total. The lowest BCUT2D eigenvalue weighted by Gasteiger charge is -2.32. The van der Waals surface area contributed by atoms with Crippen LogP contribution in [0.15, 0.2) is 49.1 Å². The molecule has 4 rings (SSSR count). The Kier molecular flexibility index (Phi) is 3.74. The molecule has 1 amide bonds. The second-order valence-corrected chi connectivity index (χ2v) is 6.98. The number of amides is 1. The smallest absolute Gasteiger partial charge is 0.312 e. The zero-order valence-electron chi connectivity index (χ0n) is 13.7. The summed E-state index contributed by atoms with van der Waals surface area (Å²) in [6, 6.07) is 6.83. The zero-order chi connectivity index (χ0) is 17.8. The predicted molar refractivity (Wildman–Crippen MR) is 93.3 cm³/mol. The minimum absolute atomic E-state index is 0.128. The lowest BCUT2D eigenvalue weighted by atomic mass is 9.74. The predicted octanol–water partition coefficient (Wildman–Crippen LogP) is 2.74. The lowest BCUT2D eigenvalue weighted by Crippen LogP contribution is -2.45. The summed E-state index contributed by atoms with van der Waals surface area (Å²) >= 11 is 5.98. The SMILES string of the molecule is C=CC[C@@H]1N(c2ccc(Cl)cc2)C(=O)[C@@H]2[C@H](C(=O)OC)[C@@H]3C=C[C@@]21O3. The third-order valence-corrected chi connectivity index (χ3v) is 5.64. The molecular formula is C19H18ClNO4. The number of fused-ring (bicyclic) bond motifs is 1. The molecule has 5 atom stereocenters. The molecule has 0 saturated carbocycles. The minimum atomic E-state index is -0.825. The van der Waals surface area contributed by atoms with Gasteiger partial charge in [-0.1, -0.05) is 29.8 Å². The zero-order valence-corrected chi connectivity index (χ0v) is 14.5. The number of hydrogen-bond donors (Lipinski definition) is 0. The molecule has 130 valence electrons. The van der Waals surface area contributed by atoms with E-state index < -0.39 is 29.5 Å². The minimum Gasteiger partial charge on any atom is -0.469 e. The van der Waals surface area contributed by atoms with E-state index in [1.807, 2.05) is 12.2 Å². The topological polar surface area (TPSA) is 55.8 Å². The van der Waals surface area contributed by atoms with Crippen molar-refractivity contribution in [3.63, 3.8) is 0 Å². The van der Waals surface area contributed by atoms with E-state index in [0.717, 1.165) is 5.69 Å². The second kappa shape index (κ2) is 5.71. The summed E-state index contributed by atoms with van der Waals surface area (Å²) in [4.78, 5) is 27.3. The van der Waals surface area contributed by atoms with Gasteiger partial charge >= 0.3 is 5.97 Å². The van der Waals surface area contributed by atoms with Crippen molar-refractivity contribution < 1.29 is 19.1 Å². The molecule has 5 nitrogen and oxygen atoms in total. The molecule has 2 fully saturated rings. The summed E-state index contributed by atoms with van der Waals surface area (Å²) in [7, 11) is 1.34. The van der Waals surface area contributed by atoms with Gasteiger partial charge in [0.25, 0.3) is 0 Å². The number of ether oxygens (including phenoxy) is 2. The van der Waals surface area contributed by atoms with E-state index in [0.29, 0.717) is 11.4 Å². The van der Waals surface area contributed by atoms with Crippen LogP contribution >= 0.6 is 11.6 Å². The van der Waals surface area contributed by atoms with Crippen LogP contribution in [-0.4, -0.2) is 36.7 Å². The summed E-state index contributed by atoms with van der Waals surface area (Å²) in [5.41, 5.74) is -0.0943. The van der Waals surface area contributed by atoms with Gasteiger partial charge in [0.1, 0.15) is 11.5 Å². The maximum atomic E-state index is 13.3.